The number of aromatic amines is 1. The van der Waals surface area contributed by atoms with Crippen LogP contribution in [0.4, 0.5) is 10.0 Å². The molecule has 3 aromatic rings. The molecular weight excluding hydrogens is 444 g/mol. The molecule has 2 aromatic heterocycles. The molecule has 9 nitrogen and oxygen atoms in total. The van der Waals surface area contributed by atoms with Crippen molar-refractivity contribution in [2.45, 2.75) is 32.4 Å². The van der Waals surface area contributed by atoms with E-state index in [4.69, 9.17) is 5.11 Å². The predicted molar refractivity (Wildman–Crippen MR) is 123 cm³/mol. The molecule has 0 saturated heterocycles. The summed E-state index contributed by atoms with van der Waals surface area (Å²) in [5.41, 5.74) is 1.41. The van der Waals surface area contributed by atoms with Crippen LogP contribution in [0.2, 0.25) is 0 Å². The summed E-state index contributed by atoms with van der Waals surface area (Å²) < 4.78 is 0. The number of aryl methyl sites for hydroxylation is 1. The van der Waals surface area contributed by atoms with Crippen LogP contribution in [0.3, 0.4) is 0 Å². The zero-order chi connectivity index (χ0) is 21.8. The van der Waals surface area contributed by atoms with E-state index < -0.39 is 18.0 Å². The Hall–Kier alpha value is -3.11. The summed E-state index contributed by atoms with van der Waals surface area (Å²) in [6, 6.07) is 8.22. The zero-order valence-electron chi connectivity index (χ0n) is 16.9. The van der Waals surface area contributed by atoms with Crippen LogP contribution in [0.25, 0.3) is 10.9 Å². The Morgan fingerprint density at radius 2 is 2.00 bits per heavy atom. The summed E-state index contributed by atoms with van der Waals surface area (Å²) in [7, 11) is 1.90. The lowest BCUT2D eigenvalue weighted by Crippen LogP contribution is -2.29. The number of hydrogen-bond donors (Lipinski definition) is 4. The predicted octanol–water partition coefficient (Wildman–Crippen LogP) is 3.08. The van der Waals surface area contributed by atoms with Crippen molar-refractivity contribution in [2.75, 3.05) is 17.3 Å². The molecular formula is C20H23ClN4O5S. The molecule has 4 N–H and O–H groups in total. The van der Waals surface area contributed by atoms with Crippen LogP contribution in [0.15, 0.2) is 35.1 Å². The van der Waals surface area contributed by atoms with E-state index in [1.54, 1.807) is 13.0 Å². The Kier molecular flexibility index (Phi) is 8.01. The highest BCUT2D eigenvalue weighted by molar-refractivity contribution is 7.20. The number of hydrogen-bond acceptors (Lipinski definition) is 7. The van der Waals surface area contributed by atoms with Gasteiger partial charge in [0.05, 0.1) is 20.9 Å². The number of anilines is 2. The molecule has 0 amide bonds. The monoisotopic (exact) mass is 466 g/mol. The Morgan fingerprint density at radius 3 is 2.68 bits per heavy atom. The smallest absolute Gasteiger partial charge is 0.326 e. The van der Waals surface area contributed by atoms with Crippen LogP contribution >= 0.6 is 23.7 Å². The molecule has 1 atom stereocenters. The summed E-state index contributed by atoms with van der Waals surface area (Å²) >= 11 is 1.37. The average molecular weight is 467 g/mol. The highest BCUT2D eigenvalue weighted by atomic mass is 35.5. The van der Waals surface area contributed by atoms with E-state index in [1.165, 1.54) is 11.3 Å². The molecule has 0 fully saturated rings. The number of benzene rings is 1. The Balaban J connectivity index is 0.00000341. The maximum Gasteiger partial charge on any atom is 0.326 e. The second kappa shape index (κ2) is 10.3. The quantitative estimate of drug-likeness (QED) is 0.377. The van der Waals surface area contributed by atoms with Gasteiger partial charge in [-0.3, -0.25) is 9.59 Å². The van der Waals surface area contributed by atoms with Gasteiger partial charge in [-0.25, -0.2) is 9.78 Å². The van der Waals surface area contributed by atoms with E-state index in [1.807, 2.05) is 36.2 Å². The molecule has 0 aliphatic rings. The second-order valence-corrected chi connectivity index (χ2v) is 8.03. The number of carboxylic acid groups (broad SMARTS) is 2. The fraction of sp³-hybridized carbons (Fsp3) is 0.300. The average Bonchev–Trinajstić information content (AvgIpc) is 3.14. The number of rotatable bonds is 9. The number of fused-ring (bicyclic) bond motifs is 1. The van der Waals surface area contributed by atoms with Crippen molar-refractivity contribution in [3.63, 3.8) is 0 Å². The highest BCUT2D eigenvalue weighted by Crippen LogP contribution is 2.31. The van der Waals surface area contributed by atoms with Crippen molar-refractivity contribution < 1.29 is 19.8 Å². The number of nitrogens with one attached hydrogen (secondary N) is 2. The summed E-state index contributed by atoms with van der Waals surface area (Å²) in [4.78, 5) is 43.3. The standard InChI is InChI=1S/C20H22N4O5S.ClH/c1-11-21-14-4-3-12(9-13(14)19(27)22-11)10-24(2)17-7-6-16(30-17)23-15(20(28)29)5-8-18(25)26;/h3-4,6-7,9,15,23H,5,8,10H2,1-2H3,(H,25,26)(H,28,29)(H,21,22,27);1H/t15-;/m0./s1. The van der Waals surface area contributed by atoms with Gasteiger partial charge in [-0.2, -0.15) is 0 Å². The lowest BCUT2D eigenvalue weighted by molar-refractivity contribution is -0.139. The van der Waals surface area contributed by atoms with E-state index in [0.29, 0.717) is 28.3 Å². The molecule has 0 spiro atoms. The molecule has 3 rings (SSSR count). The lowest BCUT2D eigenvalue weighted by Gasteiger charge is -2.17. The number of H-pyrrole nitrogens is 1. The van der Waals surface area contributed by atoms with Gasteiger partial charge in [-0.05, 0) is 43.2 Å². The first-order valence-corrected chi connectivity index (χ1v) is 10.1. The van der Waals surface area contributed by atoms with Crippen molar-refractivity contribution in [2.24, 2.45) is 0 Å². The largest absolute Gasteiger partial charge is 0.481 e. The summed E-state index contributed by atoms with van der Waals surface area (Å²) in [5, 5.41) is 23.0. The van der Waals surface area contributed by atoms with Crippen molar-refractivity contribution in [1.82, 2.24) is 9.97 Å². The molecule has 1 aromatic carbocycles. The molecule has 166 valence electrons. The minimum Gasteiger partial charge on any atom is -0.481 e. The van der Waals surface area contributed by atoms with E-state index in [9.17, 15) is 19.5 Å². The van der Waals surface area contributed by atoms with Crippen molar-refractivity contribution in [1.29, 1.82) is 0 Å². The third-order valence-electron chi connectivity index (χ3n) is 4.54. The van der Waals surface area contributed by atoms with Crippen LogP contribution < -0.4 is 15.8 Å². The maximum atomic E-state index is 12.2. The Labute approximate surface area is 188 Å². The van der Waals surface area contributed by atoms with Crippen molar-refractivity contribution in [3.05, 3.63) is 52.1 Å². The highest BCUT2D eigenvalue weighted by Gasteiger charge is 2.19. The normalized spacial score (nSPS) is 11.5. The maximum absolute atomic E-state index is 12.2. The zero-order valence-corrected chi connectivity index (χ0v) is 18.5. The number of carbonyl (C=O) groups is 2. The van der Waals surface area contributed by atoms with E-state index in [2.05, 4.69) is 15.3 Å². The van der Waals surface area contributed by atoms with Crippen LogP contribution in [0.5, 0.6) is 0 Å². The van der Waals surface area contributed by atoms with Gasteiger partial charge in [0, 0.05) is 20.0 Å². The van der Waals surface area contributed by atoms with Gasteiger partial charge in [0.1, 0.15) is 11.9 Å². The molecule has 0 bridgehead atoms. The number of aliphatic carboxylic acids is 2. The van der Waals surface area contributed by atoms with Gasteiger partial charge >= 0.3 is 11.9 Å². The minimum absolute atomic E-state index is 0. The van der Waals surface area contributed by atoms with Gasteiger partial charge < -0.3 is 25.4 Å². The number of halogens is 1. The van der Waals surface area contributed by atoms with Crippen LogP contribution in [-0.4, -0.2) is 45.2 Å². The van der Waals surface area contributed by atoms with Crippen LogP contribution in [0, 0.1) is 6.92 Å². The Bertz CT molecular complexity index is 1150. The fourth-order valence-corrected chi connectivity index (χ4v) is 3.98. The van der Waals surface area contributed by atoms with E-state index in [0.717, 1.165) is 10.6 Å². The Morgan fingerprint density at radius 1 is 1.26 bits per heavy atom. The third kappa shape index (κ3) is 6.19. The van der Waals surface area contributed by atoms with Gasteiger partial charge in [0.2, 0.25) is 0 Å². The first kappa shape index (κ1) is 24.2. The molecule has 0 saturated carbocycles. The van der Waals surface area contributed by atoms with Gasteiger partial charge in [-0.1, -0.05) is 6.07 Å². The molecule has 2 heterocycles. The molecule has 31 heavy (non-hydrogen) atoms. The topological polar surface area (TPSA) is 136 Å². The molecule has 11 heteroatoms. The third-order valence-corrected chi connectivity index (χ3v) is 5.67. The van der Waals surface area contributed by atoms with Crippen LogP contribution in [0.1, 0.15) is 24.2 Å². The molecule has 0 unspecified atom stereocenters. The molecule has 0 radical (unpaired) electrons. The van der Waals surface area contributed by atoms with E-state index in [-0.39, 0.29) is 30.8 Å². The van der Waals surface area contributed by atoms with Gasteiger partial charge in [-0.15, -0.1) is 23.7 Å². The van der Waals surface area contributed by atoms with Crippen molar-refractivity contribution in [3.8, 4) is 0 Å². The van der Waals surface area contributed by atoms with Gasteiger partial charge in [0.15, 0.2) is 0 Å². The van der Waals surface area contributed by atoms with Gasteiger partial charge in [0.25, 0.3) is 5.56 Å². The number of nitrogens with zero attached hydrogens (tertiary/aromatic N) is 2. The molecule has 0 aliphatic carbocycles. The number of carboxylic acids is 2. The van der Waals surface area contributed by atoms with Crippen LogP contribution in [-0.2, 0) is 16.1 Å². The summed E-state index contributed by atoms with van der Waals surface area (Å²) in [5.74, 6) is -1.56. The van der Waals surface area contributed by atoms with E-state index >= 15 is 0 Å². The first-order valence-electron chi connectivity index (χ1n) is 9.24. The van der Waals surface area contributed by atoms with Crippen molar-refractivity contribution >= 4 is 56.6 Å². The summed E-state index contributed by atoms with van der Waals surface area (Å²) in [6.45, 7) is 2.28. The minimum atomic E-state index is -1.09. The number of thiophene rings is 1. The SMILES string of the molecule is Cc1nc2ccc(CN(C)c3ccc(N[C@@H](CCC(=O)O)C(=O)O)s3)cc2c(=O)[nH]1.Cl. The number of aromatic nitrogens is 2. The fourth-order valence-electron chi connectivity index (χ4n) is 3.06. The molecule has 0 aliphatic heterocycles. The summed E-state index contributed by atoms with van der Waals surface area (Å²) in [6.07, 6.45) is -0.232. The first-order chi connectivity index (χ1) is 14.2. The lowest BCUT2D eigenvalue weighted by atomic mass is 10.1. The second-order valence-electron chi connectivity index (χ2n) is 6.96.